The molecule has 0 spiro atoms. The summed E-state index contributed by atoms with van der Waals surface area (Å²) in [4.78, 5) is 26.5. The van der Waals surface area contributed by atoms with Crippen molar-refractivity contribution >= 4 is 17.3 Å². The normalized spacial score (nSPS) is 17.8. The quantitative estimate of drug-likeness (QED) is 0.154. The first kappa shape index (κ1) is 46.0. The second-order valence-electron chi connectivity index (χ2n) is 10.2. The van der Waals surface area contributed by atoms with Crippen molar-refractivity contribution in [2.75, 3.05) is 64.8 Å². The summed E-state index contributed by atoms with van der Waals surface area (Å²) in [6, 6.07) is 8.82. The molecule has 2 aliphatic heterocycles. The van der Waals surface area contributed by atoms with Gasteiger partial charge >= 0.3 is 122 Å². The van der Waals surface area contributed by atoms with Crippen LogP contribution in [0.4, 0.5) is 11.4 Å². The zero-order valence-corrected chi connectivity index (χ0v) is 39.1. The number of ether oxygens (including phenoxy) is 7. The van der Waals surface area contributed by atoms with Crippen LogP contribution in [0, 0.1) is 12.1 Å². The molecule has 4 rings (SSSR count). The number of carbonyl (C=O) groups excluding carboxylic acids is 1. The molecule has 0 radical (unpaired) electrons. The van der Waals surface area contributed by atoms with Crippen molar-refractivity contribution in [2.45, 2.75) is 72.1 Å². The zero-order valence-electron chi connectivity index (χ0n) is 29.3. The first-order chi connectivity index (χ1) is 20.9. The van der Waals surface area contributed by atoms with Gasteiger partial charge in [-0.25, -0.2) is 12.1 Å². The Morgan fingerprint density at radius 3 is 1.78 bits per heavy atom. The van der Waals surface area contributed by atoms with E-state index in [1.807, 2.05) is 41.5 Å². The van der Waals surface area contributed by atoms with E-state index in [-0.39, 0.29) is 141 Å². The Morgan fingerprint density at radius 1 is 0.891 bits per heavy atom. The smallest absolute Gasteiger partial charge is 0.499 e. The fourth-order valence-electron chi connectivity index (χ4n) is 3.67. The standard InChI is InChI=1S/C16H24N3O5.C12H18N3O3.C2H6.2Rb/c1-5-22-14(20)8-17-12-6-7-13(21-4)19-15(12)18-11-9-23-16(2,3)24-10-11;1-12(2)17-6-8(7-18-12)14-11-9(13)4-5-10(15-11)16-3;1-2;;/h6,11,17H,5,8-10H2,1-4H3,(H,18,19);4,8H,6-7,13H2,1-3H3,(H,14,15);1-2H3;;/q2*-1;;2*+1. The number of nitrogen functional groups attached to an aromatic ring is 1. The van der Waals surface area contributed by atoms with Crippen molar-refractivity contribution < 1.29 is 154 Å². The predicted octanol–water partition coefficient (Wildman–Crippen LogP) is -3.66. The number of aromatic nitrogens is 2. The molecule has 248 valence electrons. The molecule has 16 heteroatoms. The fraction of sp³-hybridized carbons (Fsp3) is 0.633. The fourth-order valence-corrected chi connectivity index (χ4v) is 3.67. The van der Waals surface area contributed by atoms with E-state index in [2.05, 4.69) is 37.4 Å². The Morgan fingerprint density at radius 2 is 1.33 bits per heavy atom. The van der Waals surface area contributed by atoms with Crippen LogP contribution in [-0.2, 0) is 28.5 Å². The molecule has 46 heavy (non-hydrogen) atoms. The van der Waals surface area contributed by atoms with E-state index >= 15 is 0 Å². The molecule has 0 aromatic carbocycles. The van der Waals surface area contributed by atoms with Gasteiger partial charge in [-0.3, -0.25) is 14.8 Å². The Kier molecular flexibility index (Phi) is 23.4. The molecule has 5 N–H and O–H groups in total. The molecule has 0 unspecified atom stereocenters. The maximum atomic E-state index is 11.5. The second kappa shape index (κ2) is 23.4. The molecule has 0 saturated carbocycles. The van der Waals surface area contributed by atoms with Crippen molar-refractivity contribution in [2.24, 2.45) is 9.98 Å². The van der Waals surface area contributed by atoms with E-state index in [0.717, 1.165) is 0 Å². The summed E-state index contributed by atoms with van der Waals surface area (Å²) < 4.78 is 37.4. The maximum absolute atomic E-state index is 11.5. The Hall–Kier alpha value is 0.0204. The molecule has 2 aliphatic rings. The number of aromatic amines is 2. The Bertz CT molecular complexity index is 1300. The topological polar surface area (TPSA) is 176 Å². The van der Waals surface area contributed by atoms with E-state index in [4.69, 9.17) is 38.9 Å². The second-order valence-corrected chi connectivity index (χ2v) is 10.2. The first-order valence-corrected chi connectivity index (χ1v) is 14.6. The third kappa shape index (κ3) is 16.6. The molecule has 2 aromatic rings. The Balaban J connectivity index is 0.000000827. The molecule has 2 aromatic heterocycles. The number of nitrogens with two attached hydrogens (primary N) is 1. The van der Waals surface area contributed by atoms with Gasteiger partial charge in [-0.05, 0) is 34.6 Å². The minimum absolute atomic E-state index is 0. The third-order valence-electron chi connectivity index (χ3n) is 5.95. The molecule has 0 atom stereocenters. The number of H-pyrrole nitrogens is 2. The van der Waals surface area contributed by atoms with Gasteiger partial charge in [0.25, 0.3) is 0 Å². The molecule has 0 amide bonds. The van der Waals surface area contributed by atoms with Crippen LogP contribution in [0.25, 0.3) is 0 Å². The summed E-state index contributed by atoms with van der Waals surface area (Å²) in [6.45, 7) is 15.5. The minimum Gasteiger partial charge on any atom is -0.499 e. The molecule has 0 bridgehead atoms. The van der Waals surface area contributed by atoms with Crippen molar-refractivity contribution in [3.63, 3.8) is 0 Å². The number of hydrogen-bond acceptors (Lipinski definition) is 12. The van der Waals surface area contributed by atoms with Gasteiger partial charge in [0.2, 0.25) is 0 Å². The van der Waals surface area contributed by atoms with E-state index in [9.17, 15) is 4.79 Å². The van der Waals surface area contributed by atoms with Gasteiger partial charge in [-0.15, -0.1) is 0 Å². The van der Waals surface area contributed by atoms with Gasteiger partial charge in [0, 0.05) is 0 Å². The summed E-state index contributed by atoms with van der Waals surface area (Å²) in [6.07, 6.45) is 0. The van der Waals surface area contributed by atoms with Crippen LogP contribution in [0.2, 0.25) is 0 Å². The number of rotatable bonds is 8. The first-order valence-electron chi connectivity index (χ1n) is 14.6. The number of esters is 1. The number of pyridine rings is 2. The van der Waals surface area contributed by atoms with E-state index in [1.54, 1.807) is 26.2 Å². The van der Waals surface area contributed by atoms with Crippen molar-refractivity contribution in [3.05, 3.63) is 35.2 Å². The summed E-state index contributed by atoms with van der Waals surface area (Å²) in [5.41, 5.74) is 8.05. The molecule has 4 heterocycles. The largest absolute Gasteiger partial charge is 1.00 e. The van der Waals surface area contributed by atoms with Gasteiger partial charge in [0.15, 0.2) is 11.6 Å². The monoisotopic (exact) mass is 790 g/mol. The van der Waals surface area contributed by atoms with Crippen molar-refractivity contribution in [1.29, 1.82) is 0 Å². The summed E-state index contributed by atoms with van der Waals surface area (Å²) in [5, 5.41) is 2.99. The average Bonchev–Trinajstić information content (AvgIpc) is 3.01. The zero-order chi connectivity index (χ0) is 32.8. The van der Waals surface area contributed by atoms with Crippen LogP contribution in [-0.4, -0.2) is 93.4 Å². The molecule has 14 nitrogen and oxygen atoms in total. The number of nitrogens with one attached hydrogen (secondary N) is 3. The van der Waals surface area contributed by atoms with Crippen molar-refractivity contribution in [1.82, 2.24) is 9.97 Å². The average molecular weight is 792 g/mol. The molecule has 2 saturated heterocycles. The Labute approximate surface area is 369 Å². The molecule has 2 fully saturated rings. The number of anilines is 2. The van der Waals surface area contributed by atoms with Gasteiger partial charge < -0.3 is 54.2 Å². The van der Waals surface area contributed by atoms with Crippen molar-refractivity contribution in [3.8, 4) is 11.8 Å². The SMILES string of the molecule is CC.CCOC(=O)CNc1c[c-]c(OC)[nH]c1=NC1COC(C)(C)OC1.COc1[c-]cc(N)c(=NC2COC(C)(C)OC2)[nH]1.[Rb+].[Rb+]. The van der Waals surface area contributed by atoms with Crippen LogP contribution in [0.3, 0.4) is 0 Å². The minimum atomic E-state index is -0.594. The number of nitrogens with zero attached hydrogens (tertiary/aromatic N) is 2. The summed E-state index contributed by atoms with van der Waals surface area (Å²) in [7, 11) is 3.09. The third-order valence-corrected chi connectivity index (χ3v) is 5.95. The van der Waals surface area contributed by atoms with Crippen LogP contribution in [0.15, 0.2) is 22.1 Å². The van der Waals surface area contributed by atoms with Gasteiger partial charge in [0.05, 0.1) is 88.6 Å². The number of methoxy groups -OCH3 is 2. The van der Waals surface area contributed by atoms with Crippen LogP contribution in [0.1, 0.15) is 48.5 Å². The van der Waals surface area contributed by atoms with E-state index in [1.165, 1.54) is 7.11 Å². The van der Waals surface area contributed by atoms with E-state index < -0.39 is 11.6 Å². The summed E-state index contributed by atoms with van der Waals surface area (Å²) >= 11 is 0. The molecular weight excluding hydrogens is 743 g/mol. The van der Waals surface area contributed by atoms with Gasteiger partial charge in [0.1, 0.15) is 0 Å². The van der Waals surface area contributed by atoms with E-state index in [0.29, 0.717) is 67.1 Å². The molecule has 0 aliphatic carbocycles. The van der Waals surface area contributed by atoms with Crippen LogP contribution < -0.4 is 148 Å². The predicted molar refractivity (Wildman–Crippen MR) is 164 cm³/mol. The van der Waals surface area contributed by atoms with Crippen LogP contribution >= 0.6 is 0 Å². The van der Waals surface area contributed by atoms with Gasteiger partial charge in [-0.2, -0.15) is 12.1 Å². The number of carbonyl (C=O) groups is 1. The van der Waals surface area contributed by atoms with Crippen LogP contribution in [0.5, 0.6) is 11.8 Å². The summed E-state index contributed by atoms with van der Waals surface area (Å²) in [5.74, 6) is -0.550. The maximum Gasteiger partial charge on any atom is 1.00 e. The number of hydrogen-bond donors (Lipinski definition) is 4. The molecular formula is C30H48N6O8Rb2. The van der Waals surface area contributed by atoms with Gasteiger partial charge in [-0.1, -0.05) is 25.2 Å².